The summed E-state index contributed by atoms with van der Waals surface area (Å²) in [5, 5.41) is 17.1. The van der Waals surface area contributed by atoms with Crippen molar-refractivity contribution in [3.63, 3.8) is 0 Å². The summed E-state index contributed by atoms with van der Waals surface area (Å²) in [6.07, 6.45) is 0.0578. The Labute approximate surface area is 256 Å². The molecule has 234 valence electrons. The van der Waals surface area contributed by atoms with E-state index >= 15 is 0 Å². The molecule has 0 unspecified atom stereocenters. The minimum Gasteiger partial charge on any atom is -0.490 e. The van der Waals surface area contributed by atoms with Gasteiger partial charge in [-0.25, -0.2) is 9.10 Å². The average molecular weight is 624 g/mol. The van der Waals surface area contributed by atoms with Gasteiger partial charge in [0.05, 0.1) is 31.2 Å². The first kappa shape index (κ1) is 32.2. The summed E-state index contributed by atoms with van der Waals surface area (Å²) in [4.78, 5) is 27.4. The first-order valence-corrected chi connectivity index (χ1v) is 15.5. The van der Waals surface area contributed by atoms with Gasteiger partial charge in [-0.3, -0.25) is 15.6 Å². The minimum atomic E-state index is -4.83. The molecule has 1 heterocycles. The number of amides is 2. The maximum Gasteiger partial charge on any atom is 0.432 e. The Balaban J connectivity index is 1.69. The lowest BCUT2D eigenvalue weighted by Gasteiger charge is -2.33. The molecule has 1 saturated heterocycles. The summed E-state index contributed by atoms with van der Waals surface area (Å²) >= 11 is 0. The maximum absolute atomic E-state index is 14.0. The molecular formula is C30H37N7O6S. The summed E-state index contributed by atoms with van der Waals surface area (Å²) in [6, 6.07) is 16.9. The number of anilines is 1. The van der Waals surface area contributed by atoms with Gasteiger partial charge in [0.2, 0.25) is 0 Å². The Hall–Kier alpha value is -4.69. The fourth-order valence-corrected chi connectivity index (χ4v) is 6.39. The number of imide groups is 1. The number of nitrogens with two attached hydrogens (primary N) is 2. The third kappa shape index (κ3) is 7.26. The average Bonchev–Trinajstić information content (AvgIpc) is 3.00. The maximum atomic E-state index is 14.0. The fourth-order valence-electron chi connectivity index (χ4n) is 4.91. The Morgan fingerprint density at radius 3 is 2.25 bits per heavy atom. The molecule has 0 spiro atoms. The largest absolute Gasteiger partial charge is 0.490 e. The number of carbonyl (C=O) groups is 2. The number of rotatable bonds is 10. The first-order valence-electron chi connectivity index (χ1n) is 14.1. The van der Waals surface area contributed by atoms with Crippen molar-refractivity contribution in [3.05, 3.63) is 71.8 Å². The van der Waals surface area contributed by atoms with Crippen LogP contribution in [0, 0.1) is 10.8 Å². The lowest BCUT2D eigenvalue weighted by atomic mass is 10.0. The van der Waals surface area contributed by atoms with Crippen molar-refractivity contribution in [2.45, 2.75) is 39.3 Å². The van der Waals surface area contributed by atoms with Crippen LogP contribution in [0.4, 0.5) is 10.5 Å². The molecule has 13 nitrogen and oxygen atoms in total. The van der Waals surface area contributed by atoms with Crippen molar-refractivity contribution in [2.75, 3.05) is 30.5 Å². The van der Waals surface area contributed by atoms with Crippen LogP contribution in [0.5, 0.6) is 5.75 Å². The normalized spacial score (nSPS) is 13.8. The molecule has 0 bridgehead atoms. The third-order valence-electron chi connectivity index (χ3n) is 7.23. The molecule has 1 aliphatic rings. The number of ether oxygens (including phenoxy) is 2. The van der Waals surface area contributed by atoms with Crippen LogP contribution in [-0.4, -0.2) is 73.6 Å². The summed E-state index contributed by atoms with van der Waals surface area (Å²) in [6.45, 7) is 3.52. The molecule has 44 heavy (non-hydrogen) atoms. The predicted molar refractivity (Wildman–Crippen MR) is 168 cm³/mol. The number of benzene rings is 3. The van der Waals surface area contributed by atoms with E-state index in [-0.39, 0.29) is 35.1 Å². The van der Waals surface area contributed by atoms with Crippen LogP contribution in [-0.2, 0) is 26.3 Å². The molecule has 2 amide bonds. The van der Waals surface area contributed by atoms with E-state index in [2.05, 4.69) is 0 Å². The number of nitrogen functional groups attached to an aromatic ring is 1. The number of carbonyl (C=O) groups excluding carboxylic acids is 2. The van der Waals surface area contributed by atoms with Gasteiger partial charge in [-0.15, -0.1) is 4.31 Å². The van der Waals surface area contributed by atoms with Gasteiger partial charge in [-0.05, 0) is 66.6 Å². The monoisotopic (exact) mass is 623 g/mol. The van der Waals surface area contributed by atoms with Gasteiger partial charge in [0, 0.05) is 31.5 Å². The quantitative estimate of drug-likeness (QED) is 0.194. The van der Waals surface area contributed by atoms with E-state index in [1.54, 1.807) is 49.4 Å². The van der Waals surface area contributed by atoms with Gasteiger partial charge >= 0.3 is 16.3 Å². The molecule has 1 aliphatic heterocycles. The molecule has 0 aliphatic carbocycles. The lowest BCUT2D eigenvalue weighted by molar-refractivity contribution is -0.123. The SMILES string of the molecule is CCOC(=O)N(C(=O)CN)S(=O)(=O)N(Cc1ccc2ccc(C(=N)N)cc2c1)c1ccc(OC2CCN(C(C)=N)CC2)cc1. The van der Waals surface area contributed by atoms with Gasteiger partial charge in [0.25, 0.3) is 5.91 Å². The number of fused-ring (bicyclic) bond motifs is 1. The fraction of sp³-hybridized carbons (Fsp3) is 0.333. The van der Waals surface area contributed by atoms with Gasteiger partial charge < -0.3 is 25.8 Å². The van der Waals surface area contributed by atoms with E-state index in [9.17, 15) is 18.0 Å². The summed E-state index contributed by atoms with van der Waals surface area (Å²) in [5.74, 6) is -0.210. The van der Waals surface area contributed by atoms with Gasteiger partial charge in [0.1, 0.15) is 17.7 Å². The lowest BCUT2D eigenvalue weighted by Crippen LogP contribution is -2.51. The molecule has 0 atom stereocenters. The van der Waals surface area contributed by atoms with Crippen molar-refractivity contribution in [3.8, 4) is 5.75 Å². The highest BCUT2D eigenvalue weighted by Gasteiger charge is 2.39. The van der Waals surface area contributed by atoms with Crippen LogP contribution in [0.1, 0.15) is 37.8 Å². The zero-order valence-electron chi connectivity index (χ0n) is 24.7. The Bertz CT molecular complexity index is 1650. The number of nitrogens with zero attached hydrogens (tertiary/aromatic N) is 3. The number of hydrogen-bond donors (Lipinski definition) is 4. The zero-order valence-corrected chi connectivity index (χ0v) is 25.5. The highest BCUT2D eigenvalue weighted by molar-refractivity contribution is 7.91. The number of amidine groups is 2. The van der Waals surface area contributed by atoms with Crippen LogP contribution in [0.3, 0.4) is 0 Å². The second-order valence-corrected chi connectivity index (χ2v) is 12.0. The van der Waals surface area contributed by atoms with Crippen molar-refractivity contribution in [2.24, 2.45) is 11.5 Å². The van der Waals surface area contributed by atoms with Crippen LogP contribution in [0.15, 0.2) is 60.7 Å². The van der Waals surface area contributed by atoms with E-state index in [1.807, 2.05) is 11.0 Å². The molecule has 4 rings (SSSR count). The van der Waals surface area contributed by atoms with E-state index in [0.717, 1.165) is 27.9 Å². The topological polar surface area (TPSA) is 196 Å². The molecule has 14 heteroatoms. The van der Waals surface area contributed by atoms with Crippen LogP contribution < -0.4 is 20.5 Å². The Kier molecular flexibility index (Phi) is 10.1. The molecule has 0 aromatic heterocycles. The molecule has 3 aromatic rings. The molecule has 3 aromatic carbocycles. The standard InChI is InChI=1S/C30H37N7O6S/c1-3-42-30(39)37(28(38)18-31)44(40,41)36(19-21-4-5-22-6-7-23(29(33)34)17-24(22)16-21)25-8-10-26(11-9-25)43-27-12-14-35(15-13-27)20(2)32/h4-11,16-17,27,32H,3,12-15,18-19,31H2,1-2H3,(H3,33,34). The van der Waals surface area contributed by atoms with E-state index in [0.29, 0.717) is 35.8 Å². The van der Waals surface area contributed by atoms with Gasteiger partial charge in [0.15, 0.2) is 0 Å². The summed E-state index contributed by atoms with van der Waals surface area (Å²) in [7, 11) is -4.83. The summed E-state index contributed by atoms with van der Waals surface area (Å²) < 4.78 is 40.1. The molecule has 6 N–H and O–H groups in total. The minimum absolute atomic E-state index is 0.0505. The van der Waals surface area contributed by atoms with Crippen LogP contribution in [0.2, 0.25) is 0 Å². The Morgan fingerprint density at radius 2 is 1.66 bits per heavy atom. The number of nitrogens with one attached hydrogen (secondary N) is 2. The van der Waals surface area contributed by atoms with Gasteiger partial charge in [-0.2, -0.15) is 8.42 Å². The number of likely N-dealkylation sites (tertiary alicyclic amines) is 1. The van der Waals surface area contributed by atoms with Crippen molar-refractivity contribution in [1.82, 2.24) is 9.21 Å². The van der Waals surface area contributed by atoms with E-state index < -0.39 is 28.8 Å². The predicted octanol–water partition coefficient (Wildman–Crippen LogP) is 3.16. The number of hydrogen-bond acceptors (Lipinski definition) is 9. The second-order valence-electron chi connectivity index (χ2n) is 10.3. The smallest absolute Gasteiger partial charge is 0.432 e. The molecule has 1 fully saturated rings. The molecular weight excluding hydrogens is 586 g/mol. The van der Waals surface area contributed by atoms with Crippen LogP contribution >= 0.6 is 0 Å². The van der Waals surface area contributed by atoms with Crippen molar-refractivity contribution < 1.29 is 27.5 Å². The number of piperidine rings is 1. The van der Waals surface area contributed by atoms with Crippen molar-refractivity contribution in [1.29, 1.82) is 10.8 Å². The van der Waals surface area contributed by atoms with Crippen LogP contribution in [0.25, 0.3) is 10.8 Å². The first-order chi connectivity index (χ1) is 20.9. The van der Waals surface area contributed by atoms with E-state index in [1.165, 1.54) is 19.1 Å². The summed E-state index contributed by atoms with van der Waals surface area (Å²) in [5.41, 5.74) is 12.4. The second kappa shape index (κ2) is 13.7. The highest BCUT2D eigenvalue weighted by Crippen LogP contribution is 2.29. The molecule has 0 saturated carbocycles. The highest BCUT2D eigenvalue weighted by atomic mass is 32.2. The third-order valence-corrected chi connectivity index (χ3v) is 8.94. The molecule has 0 radical (unpaired) electrons. The van der Waals surface area contributed by atoms with E-state index in [4.69, 9.17) is 31.8 Å². The zero-order chi connectivity index (χ0) is 32.0. The Morgan fingerprint density at radius 1 is 1.00 bits per heavy atom. The van der Waals surface area contributed by atoms with Gasteiger partial charge in [-0.1, -0.05) is 24.3 Å². The van der Waals surface area contributed by atoms with Crippen molar-refractivity contribution >= 4 is 50.3 Å².